The molecule has 0 radical (unpaired) electrons. The van der Waals surface area contributed by atoms with E-state index >= 15 is 0 Å². The van der Waals surface area contributed by atoms with Crippen molar-refractivity contribution < 1.29 is 13.7 Å². The second-order valence-electron chi connectivity index (χ2n) is 6.85. The van der Waals surface area contributed by atoms with E-state index in [1.54, 1.807) is 25.3 Å². The second kappa shape index (κ2) is 7.32. The van der Waals surface area contributed by atoms with Crippen molar-refractivity contribution in [2.45, 2.75) is 38.0 Å². The predicted octanol–water partition coefficient (Wildman–Crippen LogP) is 3.91. The van der Waals surface area contributed by atoms with Crippen LogP contribution in [0.15, 0.2) is 34.7 Å². The third-order valence-corrected chi connectivity index (χ3v) is 5.48. The van der Waals surface area contributed by atoms with Gasteiger partial charge in [-0.15, -0.1) is 5.10 Å². The molecule has 2 atom stereocenters. The highest BCUT2D eigenvalue weighted by Crippen LogP contribution is 2.37. The molecule has 1 aliphatic rings. The van der Waals surface area contributed by atoms with E-state index in [0.29, 0.717) is 34.5 Å². The number of rotatable bonds is 3. The van der Waals surface area contributed by atoms with Crippen LogP contribution < -0.4 is 9.47 Å². The van der Waals surface area contributed by atoms with E-state index in [9.17, 15) is 4.21 Å². The fourth-order valence-corrected chi connectivity index (χ4v) is 3.18. The van der Waals surface area contributed by atoms with Crippen LogP contribution in [0.4, 0.5) is 0 Å². The zero-order valence-corrected chi connectivity index (χ0v) is 16.6. The van der Waals surface area contributed by atoms with E-state index in [1.807, 2.05) is 32.9 Å². The molecule has 138 valence electrons. The summed E-state index contributed by atoms with van der Waals surface area (Å²) in [5.41, 5.74) is 2.16. The van der Waals surface area contributed by atoms with Gasteiger partial charge in [0.05, 0.1) is 17.6 Å². The third-order valence-electron chi connectivity index (χ3n) is 3.85. The van der Waals surface area contributed by atoms with Gasteiger partial charge in [-0.1, -0.05) is 11.6 Å². The van der Waals surface area contributed by atoms with Crippen molar-refractivity contribution >= 4 is 28.3 Å². The van der Waals surface area contributed by atoms with Crippen LogP contribution in [0.5, 0.6) is 11.5 Å². The Bertz CT molecular complexity index is 863. The molecule has 2 aromatic rings. The SMILES string of the molecule is COc1ccc2c(c1)O[C@@H](c1ccc(Cl)nn1)CC2=N[S@@](=O)C(C)(C)C. The highest BCUT2D eigenvalue weighted by atomic mass is 35.5. The summed E-state index contributed by atoms with van der Waals surface area (Å²) in [7, 11) is 0.213. The highest BCUT2D eigenvalue weighted by Gasteiger charge is 2.30. The zero-order valence-electron chi connectivity index (χ0n) is 15.0. The molecule has 1 aromatic heterocycles. The minimum Gasteiger partial charge on any atom is -0.497 e. The van der Waals surface area contributed by atoms with Crippen molar-refractivity contribution in [2.75, 3.05) is 7.11 Å². The van der Waals surface area contributed by atoms with E-state index in [0.717, 1.165) is 5.56 Å². The average Bonchev–Trinajstić information content (AvgIpc) is 2.60. The number of nitrogens with zero attached hydrogens (tertiary/aromatic N) is 3. The normalized spacial score (nSPS) is 19.6. The first kappa shape index (κ1) is 18.8. The van der Waals surface area contributed by atoms with Crippen molar-refractivity contribution in [3.8, 4) is 11.5 Å². The molecule has 2 heterocycles. The lowest BCUT2D eigenvalue weighted by atomic mass is 9.98. The molecule has 0 N–H and O–H groups in total. The molecule has 0 saturated heterocycles. The van der Waals surface area contributed by atoms with Gasteiger partial charge < -0.3 is 9.47 Å². The Hall–Kier alpha value is -1.99. The number of fused-ring (bicyclic) bond motifs is 1. The van der Waals surface area contributed by atoms with Crippen LogP contribution in [-0.2, 0) is 11.0 Å². The van der Waals surface area contributed by atoms with E-state index in [2.05, 4.69) is 14.6 Å². The molecule has 0 bridgehead atoms. The van der Waals surface area contributed by atoms with Crippen molar-refractivity contribution in [1.82, 2.24) is 10.2 Å². The number of ether oxygens (including phenoxy) is 2. The molecule has 0 aliphatic carbocycles. The smallest absolute Gasteiger partial charge is 0.151 e. The molecular formula is C18H20ClN3O3S. The summed E-state index contributed by atoms with van der Waals surface area (Å²) in [6.45, 7) is 5.68. The molecular weight excluding hydrogens is 374 g/mol. The van der Waals surface area contributed by atoms with Crippen molar-refractivity contribution in [3.05, 3.63) is 46.7 Å². The Labute approximate surface area is 160 Å². The highest BCUT2D eigenvalue weighted by molar-refractivity contribution is 7.85. The quantitative estimate of drug-likeness (QED) is 0.790. The number of methoxy groups -OCH3 is 1. The first-order valence-electron chi connectivity index (χ1n) is 8.11. The first-order valence-corrected chi connectivity index (χ1v) is 9.60. The monoisotopic (exact) mass is 393 g/mol. The molecule has 0 unspecified atom stereocenters. The molecule has 3 rings (SSSR count). The maximum absolute atomic E-state index is 12.6. The Morgan fingerprint density at radius 1 is 1.27 bits per heavy atom. The van der Waals surface area contributed by atoms with Crippen LogP contribution >= 0.6 is 11.6 Å². The summed E-state index contributed by atoms with van der Waals surface area (Å²) in [6, 6.07) is 8.93. The number of hydrogen-bond acceptors (Lipinski definition) is 5. The molecule has 26 heavy (non-hydrogen) atoms. The molecule has 1 aliphatic heterocycles. The number of hydrogen-bond donors (Lipinski definition) is 0. The molecule has 6 nitrogen and oxygen atoms in total. The number of aromatic nitrogens is 2. The van der Waals surface area contributed by atoms with Gasteiger partial charge in [0, 0.05) is 18.1 Å². The molecule has 0 amide bonds. The Balaban J connectivity index is 2.04. The van der Waals surface area contributed by atoms with Crippen LogP contribution in [0.25, 0.3) is 0 Å². The Morgan fingerprint density at radius 3 is 2.65 bits per heavy atom. The van der Waals surface area contributed by atoms with Crippen LogP contribution in [-0.4, -0.2) is 32.0 Å². The van der Waals surface area contributed by atoms with Gasteiger partial charge in [-0.2, -0.15) is 9.50 Å². The van der Waals surface area contributed by atoms with Crippen LogP contribution in [0.3, 0.4) is 0 Å². The largest absolute Gasteiger partial charge is 0.497 e. The van der Waals surface area contributed by atoms with E-state index in [1.165, 1.54) is 0 Å². The molecule has 0 saturated carbocycles. The third kappa shape index (κ3) is 4.04. The van der Waals surface area contributed by atoms with E-state index in [4.69, 9.17) is 21.1 Å². The number of halogens is 1. The lowest BCUT2D eigenvalue weighted by molar-refractivity contribution is 0.199. The van der Waals surface area contributed by atoms with Gasteiger partial charge in [0.1, 0.15) is 34.3 Å². The van der Waals surface area contributed by atoms with Gasteiger partial charge in [0.2, 0.25) is 0 Å². The summed E-state index contributed by atoms with van der Waals surface area (Å²) < 4.78 is 28.0. The summed E-state index contributed by atoms with van der Waals surface area (Å²) >= 11 is 5.82. The molecule has 0 fully saturated rings. The van der Waals surface area contributed by atoms with Gasteiger partial charge >= 0.3 is 0 Å². The topological polar surface area (TPSA) is 73.7 Å². The van der Waals surface area contributed by atoms with Crippen LogP contribution in [0.1, 0.15) is 44.6 Å². The fraction of sp³-hybridized carbons (Fsp3) is 0.389. The minimum absolute atomic E-state index is 0.314. The summed E-state index contributed by atoms with van der Waals surface area (Å²) in [6.07, 6.45) is 0.0485. The second-order valence-corrected chi connectivity index (χ2v) is 9.15. The van der Waals surface area contributed by atoms with Gasteiger partial charge in [-0.3, -0.25) is 0 Å². The molecule has 1 aromatic carbocycles. The molecule has 8 heteroatoms. The maximum atomic E-state index is 12.6. The van der Waals surface area contributed by atoms with E-state index in [-0.39, 0.29) is 0 Å². The summed E-state index contributed by atoms with van der Waals surface area (Å²) in [4.78, 5) is 0. The van der Waals surface area contributed by atoms with E-state index < -0.39 is 21.8 Å². The first-order chi connectivity index (χ1) is 12.3. The standard InChI is InChI=1S/C18H20ClN3O3S/c1-18(2,3)26(23)22-14-10-16(13-7-8-17(19)21-20-13)25-15-9-11(24-4)5-6-12(14)15/h5-9,16H,10H2,1-4H3/t16-,26+/m1/s1. The zero-order chi connectivity index (χ0) is 18.9. The van der Waals surface area contributed by atoms with Crippen LogP contribution in [0.2, 0.25) is 5.15 Å². The van der Waals surface area contributed by atoms with Gasteiger partial charge in [-0.25, -0.2) is 4.21 Å². The lowest BCUT2D eigenvalue weighted by Crippen LogP contribution is -2.25. The van der Waals surface area contributed by atoms with Crippen molar-refractivity contribution in [1.29, 1.82) is 0 Å². The lowest BCUT2D eigenvalue weighted by Gasteiger charge is -2.27. The minimum atomic E-state index is -1.38. The molecule has 0 spiro atoms. The Kier molecular flexibility index (Phi) is 5.29. The number of benzene rings is 1. The Morgan fingerprint density at radius 2 is 2.04 bits per heavy atom. The van der Waals surface area contributed by atoms with Gasteiger partial charge in [0.15, 0.2) is 5.15 Å². The predicted molar refractivity (Wildman–Crippen MR) is 102 cm³/mol. The van der Waals surface area contributed by atoms with Crippen LogP contribution in [0, 0.1) is 0 Å². The van der Waals surface area contributed by atoms with Crippen molar-refractivity contribution in [2.24, 2.45) is 4.40 Å². The average molecular weight is 394 g/mol. The summed E-state index contributed by atoms with van der Waals surface area (Å²) in [5.74, 6) is 1.28. The summed E-state index contributed by atoms with van der Waals surface area (Å²) in [5, 5.41) is 8.31. The fourth-order valence-electron chi connectivity index (χ4n) is 2.43. The van der Waals surface area contributed by atoms with Gasteiger partial charge in [-0.05, 0) is 45.0 Å². The van der Waals surface area contributed by atoms with Crippen molar-refractivity contribution in [3.63, 3.8) is 0 Å². The maximum Gasteiger partial charge on any atom is 0.151 e. The van der Waals surface area contributed by atoms with Gasteiger partial charge in [0.25, 0.3) is 0 Å².